The van der Waals surface area contributed by atoms with Crippen molar-refractivity contribution in [2.24, 2.45) is 10.8 Å². The molecule has 1 unspecified atom stereocenters. The average Bonchev–Trinajstić information content (AvgIpc) is 3.19. The summed E-state index contributed by atoms with van der Waals surface area (Å²) in [5.41, 5.74) is -1.62. The highest BCUT2D eigenvalue weighted by Gasteiger charge is 2.66. The standard InChI is InChI=1S/C17H20O5/c1-9-12-11(13(19)16(4,21)17(9)5-6-17)7-15(3,14(12)20)8-22-10(2)18/h7,21H,5-6,8H2,1-4H3/t15?,16-/m0/s1. The number of hydrogen-bond acceptors (Lipinski definition) is 5. The van der Waals surface area contributed by atoms with Gasteiger partial charge in [0.05, 0.1) is 5.41 Å². The molecule has 1 saturated carbocycles. The van der Waals surface area contributed by atoms with Gasteiger partial charge in [0.2, 0.25) is 0 Å². The lowest BCUT2D eigenvalue weighted by Gasteiger charge is -2.38. The van der Waals surface area contributed by atoms with Gasteiger partial charge in [0.25, 0.3) is 0 Å². The Balaban J connectivity index is 2.11. The molecule has 0 radical (unpaired) electrons. The van der Waals surface area contributed by atoms with Crippen molar-refractivity contribution in [1.82, 2.24) is 0 Å². The van der Waals surface area contributed by atoms with Crippen LogP contribution in [0.5, 0.6) is 0 Å². The summed E-state index contributed by atoms with van der Waals surface area (Å²) >= 11 is 0. The number of carbonyl (C=O) groups excluding carboxylic acids is 3. The fourth-order valence-electron chi connectivity index (χ4n) is 3.85. The van der Waals surface area contributed by atoms with Crippen LogP contribution in [0.2, 0.25) is 0 Å². The highest BCUT2D eigenvalue weighted by atomic mass is 16.5. The highest BCUT2D eigenvalue weighted by Crippen LogP contribution is 2.64. The molecule has 0 aromatic carbocycles. The lowest BCUT2D eigenvalue weighted by Crippen LogP contribution is -2.49. The van der Waals surface area contributed by atoms with Crippen LogP contribution in [0, 0.1) is 10.8 Å². The van der Waals surface area contributed by atoms with Gasteiger partial charge >= 0.3 is 5.97 Å². The van der Waals surface area contributed by atoms with Crippen LogP contribution in [0.15, 0.2) is 22.8 Å². The molecule has 3 aliphatic rings. The van der Waals surface area contributed by atoms with Gasteiger partial charge in [-0.1, -0.05) is 11.6 Å². The zero-order valence-electron chi connectivity index (χ0n) is 13.3. The van der Waals surface area contributed by atoms with Crippen molar-refractivity contribution >= 4 is 17.5 Å². The van der Waals surface area contributed by atoms with Crippen LogP contribution in [0.3, 0.4) is 0 Å². The van der Waals surface area contributed by atoms with Gasteiger partial charge in [0.15, 0.2) is 11.6 Å². The fraction of sp³-hybridized carbons (Fsp3) is 0.588. The van der Waals surface area contributed by atoms with Crippen molar-refractivity contribution in [3.8, 4) is 0 Å². The molecule has 0 amide bonds. The van der Waals surface area contributed by atoms with E-state index in [1.807, 2.05) is 6.92 Å². The zero-order valence-corrected chi connectivity index (χ0v) is 13.3. The minimum Gasteiger partial charge on any atom is -0.464 e. The third-order valence-electron chi connectivity index (χ3n) is 5.51. The molecule has 2 atom stereocenters. The van der Waals surface area contributed by atoms with Gasteiger partial charge in [-0.3, -0.25) is 14.4 Å². The first-order valence-corrected chi connectivity index (χ1v) is 7.47. The first kappa shape index (κ1) is 15.2. The van der Waals surface area contributed by atoms with Crippen LogP contribution in [-0.2, 0) is 19.1 Å². The second-order valence-electron chi connectivity index (χ2n) is 7.07. The van der Waals surface area contributed by atoms with Gasteiger partial charge in [-0.15, -0.1) is 0 Å². The van der Waals surface area contributed by atoms with E-state index in [1.54, 1.807) is 13.0 Å². The molecule has 0 aromatic rings. The summed E-state index contributed by atoms with van der Waals surface area (Å²) in [6, 6.07) is 0. The van der Waals surface area contributed by atoms with Crippen molar-refractivity contribution in [2.75, 3.05) is 6.61 Å². The Morgan fingerprint density at radius 2 is 1.86 bits per heavy atom. The summed E-state index contributed by atoms with van der Waals surface area (Å²) in [7, 11) is 0. The lowest BCUT2D eigenvalue weighted by molar-refractivity contribution is -0.145. The molecule has 1 fully saturated rings. The molecule has 3 aliphatic carbocycles. The first-order valence-electron chi connectivity index (χ1n) is 7.47. The van der Waals surface area contributed by atoms with Crippen LogP contribution in [0.25, 0.3) is 0 Å². The predicted octanol–water partition coefficient (Wildman–Crippen LogP) is 1.50. The summed E-state index contributed by atoms with van der Waals surface area (Å²) < 4.78 is 4.99. The van der Waals surface area contributed by atoms with E-state index in [-0.39, 0.29) is 18.0 Å². The second kappa shape index (κ2) is 4.16. The Labute approximate surface area is 129 Å². The molecular formula is C17H20O5. The van der Waals surface area contributed by atoms with E-state index in [2.05, 4.69) is 0 Å². The van der Waals surface area contributed by atoms with Crippen molar-refractivity contribution in [1.29, 1.82) is 0 Å². The van der Waals surface area contributed by atoms with E-state index in [9.17, 15) is 19.5 Å². The Hall–Kier alpha value is -1.75. The number of aliphatic hydroxyl groups is 1. The van der Waals surface area contributed by atoms with Crippen molar-refractivity contribution in [2.45, 2.75) is 46.1 Å². The molecule has 0 bridgehead atoms. The molecule has 3 rings (SSSR count). The number of ketones is 2. The molecule has 1 spiro atoms. The molecule has 22 heavy (non-hydrogen) atoms. The number of hydrogen-bond donors (Lipinski definition) is 1. The topological polar surface area (TPSA) is 80.7 Å². The molecule has 5 heteroatoms. The summed E-state index contributed by atoms with van der Waals surface area (Å²) in [6.45, 7) is 6.21. The molecule has 118 valence electrons. The van der Waals surface area contributed by atoms with Gasteiger partial charge in [0, 0.05) is 23.5 Å². The number of Topliss-reactive ketones (excluding diaryl/α,β-unsaturated/α-hetero) is 2. The van der Waals surface area contributed by atoms with Crippen LogP contribution < -0.4 is 0 Å². The van der Waals surface area contributed by atoms with Gasteiger partial charge in [0.1, 0.15) is 12.2 Å². The van der Waals surface area contributed by atoms with E-state index in [0.29, 0.717) is 18.4 Å². The first-order chi connectivity index (χ1) is 10.1. The van der Waals surface area contributed by atoms with Crippen LogP contribution in [0.1, 0.15) is 40.5 Å². The highest BCUT2D eigenvalue weighted by molar-refractivity contribution is 6.23. The molecule has 0 aromatic heterocycles. The molecular weight excluding hydrogens is 284 g/mol. The minimum atomic E-state index is -1.47. The van der Waals surface area contributed by atoms with Crippen LogP contribution in [-0.4, -0.2) is 34.9 Å². The maximum atomic E-state index is 12.8. The molecule has 0 heterocycles. The van der Waals surface area contributed by atoms with E-state index in [0.717, 1.165) is 5.57 Å². The van der Waals surface area contributed by atoms with Crippen LogP contribution in [0.4, 0.5) is 0 Å². The molecule has 0 aliphatic heterocycles. The monoisotopic (exact) mass is 304 g/mol. The normalized spacial score (nSPS) is 35.6. The average molecular weight is 304 g/mol. The second-order valence-corrected chi connectivity index (χ2v) is 7.07. The van der Waals surface area contributed by atoms with Crippen molar-refractivity contribution in [3.05, 3.63) is 22.8 Å². The Morgan fingerprint density at radius 3 is 2.36 bits per heavy atom. The van der Waals surface area contributed by atoms with Crippen molar-refractivity contribution in [3.63, 3.8) is 0 Å². The number of esters is 1. The van der Waals surface area contributed by atoms with Crippen molar-refractivity contribution < 1.29 is 24.2 Å². The largest absolute Gasteiger partial charge is 0.464 e. The number of ether oxygens (including phenoxy) is 1. The summed E-state index contributed by atoms with van der Waals surface area (Å²) in [5.74, 6) is -1.06. The fourth-order valence-corrected chi connectivity index (χ4v) is 3.85. The third-order valence-corrected chi connectivity index (χ3v) is 5.51. The van der Waals surface area contributed by atoms with Gasteiger partial charge < -0.3 is 9.84 Å². The zero-order chi connectivity index (χ0) is 16.5. The van der Waals surface area contributed by atoms with E-state index < -0.39 is 28.2 Å². The Morgan fingerprint density at radius 1 is 1.27 bits per heavy atom. The van der Waals surface area contributed by atoms with E-state index in [4.69, 9.17) is 4.74 Å². The van der Waals surface area contributed by atoms with E-state index in [1.165, 1.54) is 13.8 Å². The number of carbonyl (C=O) groups is 3. The number of allylic oxidation sites excluding steroid dienone is 1. The molecule has 5 nitrogen and oxygen atoms in total. The quantitative estimate of drug-likeness (QED) is 0.782. The smallest absolute Gasteiger partial charge is 0.302 e. The van der Waals surface area contributed by atoms with Gasteiger partial charge in [-0.25, -0.2) is 0 Å². The minimum absolute atomic E-state index is 0.0934. The number of fused-ring (bicyclic) bond motifs is 1. The maximum absolute atomic E-state index is 12.8. The Kier molecular flexibility index (Phi) is 2.87. The number of rotatable bonds is 2. The van der Waals surface area contributed by atoms with E-state index >= 15 is 0 Å². The van der Waals surface area contributed by atoms with Gasteiger partial charge in [-0.2, -0.15) is 0 Å². The van der Waals surface area contributed by atoms with Gasteiger partial charge in [-0.05, 0) is 33.6 Å². The van der Waals surface area contributed by atoms with Crippen LogP contribution >= 0.6 is 0 Å². The maximum Gasteiger partial charge on any atom is 0.302 e. The summed E-state index contributed by atoms with van der Waals surface area (Å²) in [4.78, 5) is 36.5. The SMILES string of the molecule is CC(=O)OCC1(C)C=C2C(=O)[C@](C)(O)C3(CC3)C(C)=C2C1=O. The Bertz CT molecular complexity index is 675. The summed E-state index contributed by atoms with van der Waals surface area (Å²) in [6.07, 6.45) is 2.98. The predicted molar refractivity (Wildman–Crippen MR) is 77.8 cm³/mol. The summed E-state index contributed by atoms with van der Waals surface area (Å²) in [5, 5.41) is 10.7. The third kappa shape index (κ3) is 1.66. The molecule has 1 N–H and O–H groups in total. The lowest BCUT2D eigenvalue weighted by atomic mass is 9.68. The molecule has 0 saturated heterocycles.